The second-order valence-corrected chi connectivity index (χ2v) is 4.46. The third-order valence-corrected chi connectivity index (χ3v) is 3.14. The van der Waals surface area contributed by atoms with Crippen LogP contribution in [0.15, 0.2) is 23.8 Å². The number of nitrogens with zero attached hydrogens (tertiary/aromatic N) is 1. The lowest BCUT2D eigenvalue weighted by Crippen LogP contribution is -2.43. The maximum Gasteiger partial charge on any atom is 0.257 e. The molecule has 0 spiro atoms. The van der Waals surface area contributed by atoms with E-state index in [0.717, 1.165) is 19.4 Å². The van der Waals surface area contributed by atoms with Crippen LogP contribution in [-0.2, 0) is 9.59 Å². The van der Waals surface area contributed by atoms with Gasteiger partial charge in [0.05, 0.1) is 18.0 Å². The van der Waals surface area contributed by atoms with Gasteiger partial charge in [0.2, 0.25) is 5.91 Å². The molecule has 94 valence electrons. The number of hydrogen-bond acceptors (Lipinski definition) is 4. The Morgan fingerprint density at radius 3 is 2.89 bits per heavy atom. The van der Waals surface area contributed by atoms with Crippen LogP contribution in [0.4, 0.5) is 0 Å². The molecule has 1 saturated heterocycles. The molecular weight excluding hydrogens is 230 g/mol. The third-order valence-electron chi connectivity index (χ3n) is 3.14. The Balaban J connectivity index is 1.89. The highest BCUT2D eigenvalue weighted by atomic mass is 16.2. The van der Waals surface area contributed by atoms with E-state index in [9.17, 15) is 9.59 Å². The Kier molecular flexibility index (Phi) is 3.90. The first-order valence-corrected chi connectivity index (χ1v) is 6.07. The highest BCUT2D eigenvalue weighted by molar-refractivity contribution is 6.07. The largest absolute Gasteiger partial charge is 0.306 e. The summed E-state index contributed by atoms with van der Waals surface area (Å²) < 4.78 is 0. The smallest absolute Gasteiger partial charge is 0.257 e. The molecule has 1 fully saturated rings. The zero-order chi connectivity index (χ0) is 13.0. The molecule has 1 unspecified atom stereocenters. The van der Waals surface area contributed by atoms with Gasteiger partial charge in [0.1, 0.15) is 0 Å². The first kappa shape index (κ1) is 12.5. The van der Waals surface area contributed by atoms with E-state index in [0.29, 0.717) is 12.0 Å². The zero-order valence-electron chi connectivity index (χ0n) is 9.98. The Labute approximate surface area is 106 Å². The predicted molar refractivity (Wildman–Crippen MR) is 65.1 cm³/mol. The highest BCUT2D eigenvalue weighted by Gasteiger charge is 2.24. The fourth-order valence-corrected chi connectivity index (χ4v) is 2.06. The normalized spacial score (nSPS) is 26.3. The van der Waals surface area contributed by atoms with E-state index in [1.807, 2.05) is 0 Å². The van der Waals surface area contributed by atoms with Crippen molar-refractivity contribution in [1.29, 1.82) is 5.26 Å². The second-order valence-electron chi connectivity index (χ2n) is 4.46. The molecule has 2 aliphatic rings. The van der Waals surface area contributed by atoms with Crippen molar-refractivity contribution in [3.05, 3.63) is 23.8 Å². The van der Waals surface area contributed by atoms with Crippen molar-refractivity contribution in [2.45, 2.75) is 25.3 Å². The molecule has 5 nitrogen and oxygen atoms in total. The van der Waals surface area contributed by atoms with Gasteiger partial charge in [0.25, 0.3) is 5.91 Å². The second kappa shape index (κ2) is 5.61. The third kappa shape index (κ3) is 2.84. The number of carbonyl (C=O) groups is 2. The van der Waals surface area contributed by atoms with Crippen LogP contribution < -0.4 is 10.6 Å². The highest BCUT2D eigenvalue weighted by Crippen LogP contribution is 2.15. The quantitative estimate of drug-likeness (QED) is 0.690. The minimum Gasteiger partial charge on any atom is -0.306 e. The van der Waals surface area contributed by atoms with Crippen molar-refractivity contribution < 1.29 is 9.59 Å². The van der Waals surface area contributed by atoms with E-state index in [1.54, 1.807) is 18.2 Å². The lowest BCUT2D eigenvalue weighted by molar-refractivity contribution is -0.129. The summed E-state index contributed by atoms with van der Waals surface area (Å²) in [6.45, 7) is 0.818. The molecule has 2 N–H and O–H groups in total. The molecule has 0 aromatic carbocycles. The minimum atomic E-state index is -0.388. The fraction of sp³-hybridized carbons (Fsp3) is 0.462. The van der Waals surface area contributed by atoms with Gasteiger partial charge < -0.3 is 5.32 Å². The van der Waals surface area contributed by atoms with Crippen LogP contribution in [0.5, 0.6) is 0 Å². The van der Waals surface area contributed by atoms with Crippen LogP contribution in [0.2, 0.25) is 0 Å². The number of hydrogen-bond donors (Lipinski definition) is 2. The summed E-state index contributed by atoms with van der Waals surface area (Å²) in [5.74, 6) is -0.829. The Morgan fingerprint density at radius 2 is 2.33 bits per heavy atom. The molecule has 0 bridgehead atoms. The molecule has 18 heavy (non-hydrogen) atoms. The van der Waals surface area contributed by atoms with Crippen molar-refractivity contribution in [1.82, 2.24) is 10.6 Å². The number of nitrogens with one attached hydrogen (secondary N) is 2. The summed E-state index contributed by atoms with van der Waals surface area (Å²) >= 11 is 0. The van der Waals surface area contributed by atoms with Gasteiger partial charge in [-0.1, -0.05) is 18.2 Å². The van der Waals surface area contributed by atoms with Crippen LogP contribution in [0, 0.1) is 17.2 Å². The lowest BCUT2D eigenvalue weighted by atomic mass is 9.97. The summed E-state index contributed by atoms with van der Waals surface area (Å²) in [5.41, 5.74) is 0.452. The molecule has 0 radical (unpaired) electrons. The summed E-state index contributed by atoms with van der Waals surface area (Å²) in [6, 6.07) is 1.85. The SMILES string of the molecule is N#CC1C=CC(C(=O)NC(=O)[C@@H]2CCCN2)=CC1. The van der Waals surface area contributed by atoms with Crippen LogP contribution in [0.25, 0.3) is 0 Å². The van der Waals surface area contributed by atoms with Gasteiger partial charge in [-0.2, -0.15) is 5.26 Å². The summed E-state index contributed by atoms with van der Waals surface area (Å²) in [5, 5.41) is 14.1. The van der Waals surface area contributed by atoms with Crippen molar-refractivity contribution >= 4 is 11.8 Å². The zero-order valence-corrected chi connectivity index (χ0v) is 9.98. The molecule has 0 saturated carbocycles. The van der Waals surface area contributed by atoms with Crippen LogP contribution in [0.3, 0.4) is 0 Å². The molecule has 1 aliphatic carbocycles. The number of rotatable bonds is 2. The average Bonchev–Trinajstić information content (AvgIpc) is 2.92. The van der Waals surface area contributed by atoms with E-state index < -0.39 is 0 Å². The molecule has 0 aromatic heterocycles. The van der Waals surface area contributed by atoms with Gasteiger partial charge in [0, 0.05) is 5.57 Å². The van der Waals surface area contributed by atoms with Crippen molar-refractivity contribution in [3.63, 3.8) is 0 Å². The number of nitriles is 1. The standard InChI is InChI=1S/C13H15N3O2/c14-8-9-3-5-10(6-4-9)12(17)16-13(18)11-2-1-7-15-11/h3,5-6,9,11,15H,1-2,4,7H2,(H,16,17,18)/t9?,11-/m0/s1. The van der Waals surface area contributed by atoms with Crippen LogP contribution in [-0.4, -0.2) is 24.4 Å². The number of carbonyl (C=O) groups excluding carboxylic acids is 2. The molecule has 2 amide bonds. The van der Waals surface area contributed by atoms with E-state index >= 15 is 0 Å². The van der Waals surface area contributed by atoms with Crippen molar-refractivity contribution in [3.8, 4) is 6.07 Å². The maximum absolute atomic E-state index is 11.8. The molecule has 1 aliphatic heterocycles. The van der Waals surface area contributed by atoms with Crippen molar-refractivity contribution in [2.24, 2.45) is 5.92 Å². The topological polar surface area (TPSA) is 82.0 Å². The molecule has 2 atom stereocenters. The van der Waals surface area contributed by atoms with Gasteiger partial charge in [-0.25, -0.2) is 0 Å². The van der Waals surface area contributed by atoms with E-state index in [1.165, 1.54) is 0 Å². The Morgan fingerprint density at radius 1 is 1.50 bits per heavy atom. The first-order valence-electron chi connectivity index (χ1n) is 6.07. The van der Waals surface area contributed by atoms with Gasteiger partial charge in [-0.05, 0) is 25.8 Å². The molecular formula is C13H15N3O2. The number of amides is 2. The molecule has 2 rings (SSSR count). The molecule has 5 heteroatoms. The Hall–Kier alpha value is -1.93. The van der Waals surface area contributed by atoms with Gasteiger partial charge in [-0.3, -0.25) is 14.9 Å². The summed E-state index contributed by atoms with van der Waals surface area (Å²) in [4.78, 5) is 23.5. The maximum atomic E-state index is 11.8. The van der Waals surface area contributed by atoms with E-state index in [2.05, 4.69) is 16.7 Å². The van der Waals surface area contributed by atoms with E-state index in [-0.39, 0.29) is 23.8 Å². The molecule has 0 aromatic rings. The summed E-state index contributed by atoms with van der Waals surface area (Å²) in [6.07, 6.45) is 7.22. The Bertz CT molecular complexity index is 453. The predicted octanol–water partition coefficient (Wildman–Crippen LogP) is 0.407. The minimum absolute atomic E-state index is 0.172. The van der Waals surface area contributed by atoms with E-state index in [4.69, 9.17) is 5.26 Å². The monoisotopic (exact) mass is 245 g/mol. The van der Waals surface area contributed by atoms with Crippen molar-refractivity contribution in [2.75, 3.05) is 6.54 Å². The van der Waals surface area contributed by atoms with Crippen LogP contribution >= 0.6 is 0 Å². The fourth-order valence-electron chi connectivity index (χ4n) is 2.06. The number of imide groups is 1. The molecule has 1 heterocycles. The summed E-state index contributed by atoms with van der Waals surface area (Å²) in [7, 11) is 0. The van der Waals surface area contributed by atoms with Gasteiger partial charge in [-0.15, -0.1) is 0 Å². The van der Waals surface area contributed by atoms with Gasteiger partial charge in [0.15, 0.2) is 0 Å². The number of allylic oxidation sites excluding steroid dienone is 2. The van der Waals surface area contributed by atoms with Gasteiger partial charge >= 0.3 is 0 Å². The lowest BCUT2D eigenvalue weighted by Gasteiger charge is -2.12. The first-order chi connectivity index (χ1) is 8.70. The average molecular weight is 245 g/mol. The van der Waals surface area contributed by atoms with Crippen LogP contribution in [0.1, 0.15) is 19.3 Å².